The number of oxime groups is 1. The van der Waals surface area contributed by atoms with Crippen LogP contribution in [0, 0.1) is 11.2 Å². The minimum Gasteiger partial charge on any atom is -0.494 e. The Morgan fingerprint density at radius 2 is 1.43 bits per heavy atom. The molecule has 0 radical (unpaired) electrons. The fourth-order valence-electron chi connectivity index (χ4n) is 6.61. The number of fused-ring (bicyclic) bond motifs is 3. The summed E-state index contributed by atoms with van der Waals surface area (Å²) in [4.78, 5) is 2.19. The number of piperazine rings is 1. The van der Waals surface area contributed by atoms with Crippen LogP contribution in [0.25, 0.3) is 11.1 Å². The molecule has 1 N–H and O–H groups in total. The van der Waals surface area contributed by atoms with Crippen molar-refractivity contribution in [1.29, 1.82) is 0 Å². The van der Waals surface area contributed by atoms with Crippen LogP contribution in [0.1, 0.15) is 50.7 Å². The third-order valence-electron chi connectivity index (χ3n) is 9.29. The smallest absolute Gasteiger partial charge is 0.243 e. The summed E-state index contributed by atoms with van der Waals surface area (Å²) in [6.07, 6.45) is 2.87. The summed E-state index contributed by atoms with van der Waals surface area (Å²) in [6, 6.07) is 13.8. The summed E-state index contributed by atoms with van der Waals surface area (Å²) < 4.78 is 75.0. The van der Waals surface area contributed by atoms with Crippen molar-refractivity contribution in [2.24, 2.45) is 10.6 Å². The normalized spacial score (nSPS) is 20.0. The second-order valence-corrected chi connectivity index (χ2v) is 16.6. The summed E-state index contributed by atoms with van der Waals surface area (Å²) >= 11 is 0. The number of rotatable bonds is 6. The molecule has 0 bridgehead atoms. The number of halogens is 1. The minimum absolute atomic E-state index is 0.0516. The zero-order chi connectivity index (χ0) is 31.4. The van der Waals surface area contributed by atoms with Gasteiger partial charge in [0.1, 0.15) is 17.3 Å². The van der Waals surface area contributed by atoms with Crippen molar-refractivity contribution in [2.75, 3.05) is 38.2 Å². The fraction of sp³-hybridized carbons (Fsp3) is 0.406. The maximum atomic E-state index is 13.7. The molecule has 3 aromatic carbocycles. The molecular formula is C32H36FN3O6S2. The van der Waals surface area contributed by atoms with Gasteiger partial charge in [-0.05, 0) is 78.6 Å². The van der Waals surface area contributed by atoms with E-state index in [1.54, 1.807) is 30.3 Å². The highest BCUT2D eigenvalue weighted by Crippen LogP contribution is 2.42. The SMILES string of the molecule is COc1cc(F)ccc1N1CCN(S(=O)(=O)c2ccc3c(c2)/C(=N\O)c2cc(S(=O)(=O)C4CCC(C)(C)CC4)ccc2-3)CC1. The molecule has 1 saturated heterocycles. The van der Waals surface area contributed by atoms with E-state index < -0.39 is 30.9 Å². The van der Waals surface area contributed by atoms with E-state index in [2.05, 4.69) is 19.0 Å². The first-order valence-corrected chi connectivity index (χ1v) is 17.7. The van der Waals surface area contributed by atoms with Crippen LogP contribution < -0.4 is 9.64 Å². The van der Waals surface area contributed by atoms with Crippen molar-refractivity contribution < 1.29 is 31.2 Å². The highest BCUT2D eigenvalue weighted by molar-refractivity contribution is 7.92. The van der Waals surface area contributed by atoms with Crippen molar-refractivity contribution in [3.8, 4) is 16.9 Å². The van der Waals surface area contributed by atoms with Crippen LogP contribution in [-0.2, 0) is 19.9 Å². The standard InChI is InChI=1S/C32H36FN3O6S2/c1-32(2)12-10-22(11-13-32)43(38,39)23-5-7-25-26-8-6-24(20-28(26)31(34-37)27(25)19-23)44(40,41)36-16-14-35(15-17-36)29-9-4-21(33)18-30(29)42-3/h4-9,18-20,22,37H,10-17H2,1-3H3/b34-31-. The van der Waals surface area contributed by atoms with Gasteiger partial charge >= 0.3 is 0 Å². The lowest BCUT2D eigenvalue weighted by molar-refractivity contribution is 0.246. The Morgan fingerprint density at radius 3 is 2.02 bits per heavy atom. The number of ether oxygens (including phenoxy) is 1. The molecule has 3 aromatic rings. The number of nitrogens with zero attached hydrogens (tertiary/aromatic N) is 3. The average molecular weight is 642 g/mol. The molecule has 0 aromatic heterocycles. The number of sulfone groups is 1. The van der Waals surface area contributed by atoms with Gasteiger partial charge in [0.25, 0.3) is 0 Å². The fourth-order valence-corrected chi connectivity index (χ4v) is 9.84. The molecule has 1 heterocycles. The summed E-state index contributed by atoms with van der Waals surface area (Å²) in [5, 5.41) is 13.1. The number of benzene rings is 3. The maximum absolute atomic E-state index is 13.7. The Hall–Kier alpha value is -3.48. The first-order chi connectivity index (χ1) is 20.9. The number of methoxy groups -OCH3 is 1. The van der Waals surface area contributed by atoms with Gasteiger partial charge in [-0.3, -0.25) is 0 Å². The number of sulfonamides is 1. The number of anilines is 1. The number of hydrogen-bond acceptors (Lipinski definition) is 8. The maximum Gasteiger partial charge on any atom is 0.243 e. The molecule has 0 amide bonds. The first-order valence-electron chi connectivity index (χ1n) is 14.7. The van der Waals surface area contributed by atoms with E-state index in [1.807, 2.05) is 4.90 Å². The third kappa shape index (κ3) is 5.26. The Morgan fingerprint density at radius 1 is 0.841 bits per heavy atom. The van der Waals surface area contributed by atoms with Crippen LogP contribution in [0.5, 0.6) is 5.75 Å². The molecule has 1 aliphatic heterocycles. The van der Waals surface area contributed by atoms with Gasteiger partial charge in [-0.2, -0.15) is 4.31 Å². The van der Waals surface area contributed by atoms with Crippen LogP contribution in [0.15, 0.2) is 69.5 Å². The molecule has 2 fully saturated rings. The molecule has 2 aliphatic carbocycles. The molecule has 0 unspecified atom stereocenters. The average Bonchev–Trinajstić information content (AvgIpc) is 3.33. The van der Waals surface area contributed by atoms with Gasteiger partial charge in [-0.15, -0.1) is 0 Å². The van der Waals surface area contributed by atoms with E-state index in [0.29, 0.717) is 59.6 Å². The van der Waals surface area contributed by atoms with Crippen molar-refractivity contribution in [2.45, 2.75) is 54.6 Å². The van der Waals surface area contributed by atoms with Gasteiger partial charge < -0.3 is 14.8 Å². The van der Waals surface area contributed by atoms with Crippen LogP contribution in [0.2, 0.25) is 0 Å². The minimum atomic E-state index is -3.90. The summed E-state index contributed by atoms with van der Waals surface area (Å²) in [5.41, 5.74) is 3.19. The van der Waals surface area contributed by atoms with E-state index in [9.17, 15) is 26.4 Å². The van der Waals surface area contributed by atoms with E-state index in [4.69, 9.17) is 4.74 Å². The van der Waals surface area contributed by atoms with Crippen LogP contribution in [-0.4, -0.2) is 70.6 Å². The quantitative estimate of drug-likeness (QED) is 0.225. The molecule has 234 valence electrons. The molecule has 12 heteroatoms. The van der Waals surface area contributed by atoms with Crippen molar-refractivity contribution in [1.82, 2.24) is 4.31 Å². The Labute approximate surface area is 257 Å². The van der Waals surface area contributed by atoms with Gasteiger partial charge in [-0.1, -0.05) is 31.1 Å². The van der Waals surface area contributed by atoms with Crippen molar-refractivity contribution in [3.63, 3.8) is 0 Å². The second-order valence-electron chi connectivity index (χ2n) is 12.5. The van der Waals surface area contributed by atoms with Crippen LogP contribution in [0.3, 0.4) is 0 Å². The zero-order valence-electron chi connectivity index (χ0n) is 25.0. The Bertz CT molecular complexity index is 1860. The molecule has 44 heavy (non-hydrogen) atoms. The predicted molar refractivity (Wildman–Crippen MR) is 166 cm³/mol. The van der Waals surface area contributed by atoms with Gasteiger partial charge in [0, 0.05) is 43.4 Å². The lowest BCUT2D eigenvalue weighted by atomic mass is 9.77. The third-order valence-corrected chi connectivity index (χ3v) is 13.4. The monoisotopic (exact) mass is 641 g/mol. The molecule has 0 atom stereocenters. The van der Waals surface area contributed by atoms with Crippen LogP contribution in [0.4, 0.5) is 10.1 Å². The van der Waals surface area contributed by atoms with Gasteiger partial charge in [-0.25, -0.2) is 21.2 Å². The van der Waals surface area contributed by atoms with E-state index in [0.717, 1.165) is 12.8 Å². The topological polar surface area (TPSA) is 117 Å². The first kappa shape index (κ1) is 30.5. The molecule has 1 saturated carbocycles. The Balaban J connectivity index is 1.24. The predicted octanol–water partition coefficient (Wildman–Crippen LogP) is 5.29. The molecule has 6 rings (SSSR count). The van der Waals surface area contributed by atoms with E-state index in [1.165, 1.54) is 35.7 Å². The summed E-state index contributed by atoms with van der Waals surface area (Å²) in [5.74, 6) is -0.0310. The summed E-state index contributed by atoms with van der Waals surface area (Å²) in [6.45, 7) is 5.51. The largest absolute Gasteiger partial charge is 0.494 e. The highest BCUT2D eigenvalue weighted by Gasteiger charge is 2.37. The van der Waals surface area contributed by atoms with Gasteiger partial charge in [0.2, 0.25) is 10.0 Å². The molecular weight excluding hydrogens is 605 g/mol. The van der Waals surface area contributed by atoms with E-state index >= 15 is 0 Å². The van der Waals surface area contributed by atoms with Crippen LogP contribution >= 0.6 is 0 Å². The Kier molecular flexibility index (Phi) is 7.74. The second kappa shape index (κ2) is 11.1. The lowest BCUT2D eigenvalue weighted by Crippen LogP contribution is -2.48. The molecule has 3 aliphatic rings. The van der Waals surface area contributed by atoms with Gasteiger partial charge in [0.05, 0.1) is 27.8 Å². The zero-order valence-corrected chi connectivity index (χ0v) is 26.6. The molecule has 0 spiro atoms. The van der Waals surface area contributed by atoms with Gasteiger partial charge in [0.15, 0.2) is 9.84 Å². The number of hydrogen-bond donors (Lipinski definition) is 1. The van der Waals surface area contributed by atoms with E-state index in [-0.39, 0.29) is 34.0 Å². The van der Waals surface area contributed by atoms with Crippen molar-refractivity contribution in [3.05, 3.63) is 71.5 Å². The lowest BCUT2D eigenvalue weighted by Gasteiger charge is -2.36. The van der Waals surface area contributed by atoms with Crippen molar-refractivity contribution >= 4 is 31.3 Å². The summed E-state index contributed by atoms with van der Waals surface area (Å²) in [7, 11) is -6.04. The highest BCUT2D eigenvalue weighted by atomic mass is 32.2. The molecule has 9 nitrogen and oxygen atoms in total.